The topological polar surface area (TPSA) is 150 Å². The number of aromatic amines is 2. The number of H-pyrrole nitrogens is 2. The smallest absolute Gasteiger partial charge is 0.274 e. The van der Waals surface area contributed by atoms with Crippen LogP contribution in [0.2, 0.25) is 0 Å². The normalized spacial score (nSPS) is 17.6. The molecule has 1 aliphatic rings. The molecule has 0 aliphatic carbocycles. The van der Waals surface area contributed by atoms with Gasteiger partial charge in [-0.15, -0.1) is 23.4 Å². The molecule has 3 aromatic carbocycles. The number of hydrogen-bond donors (Lipinski definition) is 3. The number of alkyl halides is 1. The molecule has 13 heteroatoms. The third-order valence-electron chi connectivity index (χ3n) is 6.67. The number of aromatic nitrogens is 4. The van der Waals surface area contributed by atoms with Crippen LogP contribution >= 0.6 is 23.4 Å². The first-order chi connectivity index (χ1) is 19.4. The first-order valence-corrected chi connectivity index (χ1v) is 13.9. The molecule has 0 bridgehead atoms. The summed E-state index contributed by atoms with van der Waals surface area (Å²) in [4.78, 5) is 52.6. The van der Waals surface area contributed by atoms with Crippen molar-refractivity contribution in [3.8, 4) is 0 Å². The molecule has 2 aromatic heterocycles. The van der Waals surface area contributed by atoms with E-state index in [0.29, 0.717) is 12.2 Å². The molecule has 3 N–H and O–H groups in total. The summed E-state index contributed by atoms with van der Waals surface area (Å²) >= 11 is 7.57. The van der Waals surface area contributed by atoms with E-state index in [0.717, 1.165) is 32.9 Å². The molecule has 0 radical (unpaired) electrons. The van der Waals surface area contributed by atoms with E-state index in [1.165, 1.54) is 30.0 Å². The van der Waals surface area contributed by atoms with Crippen LogP contribution < -0.4 is 5.43 Å². The number of rotatable bonds is 9. The third kappa shape index (κ3) is 4.87. The second-order valence-electron chi connectivity index (χ2n) is 9.25. The number of β-lactam (4-membered cyclic amide) rings is 1. The number of hydrogen-bond acceptors (Lipinski definition) is 7. The lowest BCUT2D eigenvalue weighted by atomic mass is 9.94. The van der Waals surface area contributed by atoms with Gasteiger partial charge in [0.2, 0.25) is 5.91 Å². The van der Waals surface area contributed by atoms with Crippen molar-refractivity contribution in [1.29, 1.82) is 0 Å². The maximum atomic E-state index is 13.0. The zero-order valence-electron chi connectivity index (χ0n) is 20.8. The minimum atomic E-state index is -1.02. The minimum absolute atomic E-state index is 0.0116. The highest BCUT2D eigenvalue weighted by molar-refractivity contribution is 8.00. The Morgan fingerprint density at radius 2 is 1.68 bits per heavy atom. The van der Waals surface area contributed by atoms with Crippen LogP contribution in [-0.2, 0) is 16.0 Å². The van der Waals surface area contributed by atoms with Crippen molar-refractivity contribution < 1.29 is 14.5 Å². The molecule has 40 heavy (non-hydrogen) atoms. The van der Waals surface area contributed by atoms with Crippen LogP contribution in [0.5, 0.6) is 0 Å². The van der Waals surface area contributed by atoms with E-state index in [9.17, 15) is 19.7 Å². The molecule has 3 unspecified atom stereocenters. The lowest BCUT2D eigenvalue weighted by Gasteiger charge is -2.43. The van der Waals surface area contributed by atoms with E-state index in [4.69, 9.17) is 16.6 Å². The van der Waals surface area contributed by atoms with Gasteiger partial charge in [-0.05, 0) is 30.3 Å². The number of carbonyl (C=O) groups excluding carboxylic acids is 2. The molecule has 2 amide bonds. The quantitative estimate of drug-likeness (QED) is 0.101. The van der Waals surface area contributed by atoms with Gasteiger partial charge < -0.3 is 9.97 Å². The molecule has 11 nitrogen and oxygen atoms in total. The number of nitro groups is 1. The van der Waals surface area contributed by atoms with Gasteiger partial charge in [0.1, 0.15) is 23.1 Å². The third-order valence-corrected chi connectivity index (χ3v) is 8.32. The van der Waals surface area contributed by atoms with Gasteiger partial charge in [-0.2, -0.15) is 0 Å². The minimum Gasteiger partial charge on any atom is -0.342 e. The summed E-state index contributed by atoms with van der Waals surface area (Å²) in [7, 11) is 0. The number of amides is 2. The first-order valence-electron chi connectivity index (χ1n) is 12.4. The average molecular weight is 576 g/mol. The molecule has 3 heterocycles. The molecule has 1 saturated heterocycles. The van der Waals surface area contributed by atoms with Gasteiger partial charge in [0.05, 0.1) is 43.6 Å². The SMILES string of the molecule is O=C(CSC(Cc1nc2ccccc2[nH]1)c1nc2ccccc2[nH]1)NN1C(=O)C(Cl)C1c1ccccc1[N+](=O)[O-]. The second kappa shape index (κ2) is 10.6. The number of carbonyl (C=O) groups is 2. The number of thioether (sulfide) groups is 1. The van der Waals surface area contributed by atoms with Crippen LogP contribution in [0.1, 0.15) is 28.5 Å². The molecular formula is C27H22ClN7O4S. The van der Waals surface area contributed by atoms with Gasteiger partial charge in [0.15, 0.2) is 0 Å². The molecule has 202 valence electrons. The molecule has 1 aliphatic heterocycles. The Morgan fingerprint density at radius 3 is 2.38 bits per heavy atom. The van der Waals surface area contributed by atoms with Crippen LogP contribution in [-0.4, -0.2) is 52.8 Å². The summed E-state index contributed by atoms with van der Waals surface area (Å²) in [6.45, 7) is 0. The molecular weight excluding hydrogens is 554 g/mol. The summed E-state index contributed by atoms with van der Waals surface area (Å²) in [5.41, 5.74) is 6.12. The summed E-state index contributed by atoms with van der Waals surface area (Å²) in [5, 5.41) is 11.3. The van der Waals surface area contributed by atoms with Gasteiger partial charge in [0.25, 0.3) is 11.6 Å². The van der Waals surface area contributed by atoms with Crippen LogP contribution in [0.15, 0.2) is 72.8 Å². The van der Waals surface area contributed by atoms with Crippen molar-refractivity contribution >= 4 is 62.9 Å². The zero-order chi connectivity index (χ0) is 27.8. The van der Waals surface area contributed by atoms with Crippen molar-refractivity contribution in [2.24, 2.45) is 0 Å². The van der Waals surface area contributed by atoms with Crippen molar-refractivity contribution in [2.75, 3.05) is 5.75 Å². The number of halogens is 1. The fourth-order valence-electron chi connectivity index (χ4n) is 4.76. The van der Waals surface area contributed by atoms with E-state index >= 15 is 0 Å². The maximum Gasteiger partial charge on any atom is 0.274 e. The van der Waals surface area contributed by atoms with Gasteiger partial charge in [-0.3, -0.25) is 25.1 Å². The monoisotopic (exact) mass is 575 g/mol. The zero-order valence-corrected chi connectivity index (χ0v) is 22.4. The van der Waals surface area contributed by atoms with Crippen molar-refractivity contribution in [3.05, 3.63) is 100 Å². The summed E-state index contributed by atoms with van der Waals surface area (Å²) in [5.74, 6) is 0.454. The summed E-state index contributed by atoms with van der Waals surface area (Å²) < 4.78 is 0. The number of hydrazine groups is 1. The number of fused-ring (bicyclic) bond motifs is 2. The number of nitrogens with zero attached hydrogens (tertiary/aromatic N) is 4. The van der Waals surface area contributed by atoms with Gasteiger partial charge in [0, 0.05) is 12.5 Å². The molecule has 0 spiro atoms. The fourth-order valence-corrected chi connectivity index (χ4v) is 6.08. The van der Waals surface area contributed by atoms with E-state index in [2.05, 4.69) is 20.4 Å². The van der Waals surface area contributed by atoms with E-state index in [1.807, 2.05) is 48.5 Å². The Labute approximate surface area is 236 Å². The number of nitrogens with one attached hydrogen (secondary N) is 3. The Hall–Kier alpha value is -4.42. The molecule has 5 aromatic rings. The lowest BCUT2D eigenvalue weighted by molar-refractivity contribution is -0.386. The molecule has 0 saturated carbocycles. The van der Waals surface area contributed by atoms with Crippen molar-refractivity contribution in [2.45, 2.75) is 23.1 Å². The predicted octanol–water partition coefficient (Wildman–Crippen LogP) is 4.59. The van der Waals surface area contributed by atoms with Crippen LogP contribution in [0.4, 0.5) is 5.69 Å². The first kappa shape index (κ1) is 25.8. The Balaban J connectivity index is 1.20. The van der Waals surface area contributed by atoms with Gasteiger partial charge in [-0.25, -0.2) is 15.0 Å². The van der Waals surface area contributed by atoms with Crippen LogP contribution in [0.25, 0.3) is 22.1 Å². The highest BCUT2D eigenvalue weighted by Gasteiger charge is 2.50. The molecule has 1 fully saturated rings. The van der Waals surface area contributed by atoms with Crippen molar-refractivity contribution in [3.63, 3.8) is 0 Å². The standard InChI is InChI=1S/C27H22ClN7O4S/c28-24-25(15-7-1-6-12-20(15)35(38)39)34(27(24)37)33-23(36)14-40-21(26-31-18-10-4-5-11-19(18)32-26)13-22-29-16-8-2-3-9-17(16)30-22/h1-12,21,24-25H,13-14H2,(H,29,30)(H,31,32)(H,33,36). The van der Waals surface area contributed by atoms with E-state index < -0.39 is 28.2 Å². The Morgan fingerprint density at radius 1 is 1.02 bits per heavy atom. The molecule has 3 atom stereocenters. The highest BCUT2D eigenvalue weighted by Crippen LogP contribution is 2.41. The maximum absolute atomic E-state index is 13.0. The Kier molecular flexibility index (Phi) is 6.86. The number of imidazole rings is 2. The van der Waals surface area contributed by atoms with Gasteiger partial charge in [-0.1, -0.05) is 36.4 Å². The van der Waals surface area contributed by atoms with Crippen molar-refractivity contribution in [1.82, 2.24) is 30.4 Å². The number of para-hydroxylation sites is 5. The largest absolute Gasteiger partial charge is 0.342 e. The highest BCUT2D eigenvalue weighted by atomic mass is 35.5. The number of benzene rings is 3. The van der Waals surface area contributed by atoms with Gasteiger partial charge >= 0.3 is 0 Å². The second-order valence-corrected chi connectivity index (χ2v) is 10.9. The fraction of sp³-hybridized carbons (Fsp3) is 0.185. The van der Waals surface area contributed by atoms with Crippen LogP contribution in [0.3, 0.4) is 0 Å². The van der Waals surface area contributed by atoms with E-state index in [1.54, 1.807) is 6.07 Å². The lowest BCUT2D eigenvalue weighted by Crippen LogP contribution is -2.63. The number of nitro benzene ring substituents is 1. The summed E-state index contributed by atoms with van der Waals surface area (Å²) in [6, 6.07) is 20.6. The van der Waals surface area contributed by atoms with Crippen LogP contribution in [0, 0.1) is 10.1 Å². The predicted molar refractivity (Wildman–Crippen MR) is 152 cm³/mol. The van der Waals surface area contributed by atoms with E-state index in [-0.39, 0.29) is 22.3 Å². The average Bonchev–Trinajstić information content (AvgIpc) is 3.58. The Bertz CT molecular complexity index is 1690. The molecule has 6 rings (SSSR count). The summed E-state index contributed by atoms with van der Waals surface area (Å²) in [6.07, 6.45) is 0.470.